The minimum Gasteiger partial charge on any atom is -0.326 e. The first-order chi connectivity index (χ1) is 14.5. The van der Waals surface area contributed by atoms with E-state index in [-0.39, 0.29) is 11.8 Å². The van der Waals surface area contributed by atoms with Gasteiger partial charge in [0.2, 0.25) is 11.0 Å². The second kappa shape index (κ2) is 10.3. The zero-order chi connectivity index (χ0) is 21.5. The molecule has 9 heteroatoms. The van der Waals surface area contributed by atoms with Crippen LogP contribution in [0.4, 0.5) is 15.6 Å². The molecule has 156 valence electrons. The third kappa shape index (κ3) is 5.87. The van der Waals surface area contributed by atoms with Gasteiger partial charge in [-0.15, -0.1) is 10.2 Å². The van der Waals surface area contributed by atoms with Crippen LogP contribution in [0.2, 0.25) is 0 Å². The highest BCUT2D eigenvalue weighted by Crippen LogP contribution is 2.28. The van der Waals surface area contributed by atoms with Gasteiger partial charge in [0.1, 0.15) is 11.0 Å². The maximum absolute atomic E-state index is 12.9. The molecule has 2 aromatic carbocycles. The van der Waals surface area contributed by atoms with E-state index in [9.17, 15) is 9.59 Å². The van der Waals surface area contributed by atoms with Gasteiger partial charge in [-0.2, -0.15) is 0 Å². The quantitative estimate of drug-likeness (QED) is 0.429. The molecule has 0 aliphatic heterocycles. The molecule has 3 N–H and O–H groups in total. The second-order valence-electron chi connectivity index (χ2n) is 6.74. The first-order valence-corrected chi connectivity index (χ1v) is 11.1. The molecule has 1 heterocycles. The number of halogens is 1. The van der Waals surface area contributed by atoms with Crippen LogP contribution < -0.4 is 16.0 Å². The van der Waals surface area contributed by atoms with Crippen molar-refractivity contribution in [3.63, 3.8) is 0 Å². The number of carbonyl (C=O) groups is 2. The highest BCUT2D eigenvalue weighted by molar-refractivity contribution is 9.10. The number of anilines is 2. The van der Waals surface area contributed by atoms with Crippen molar-refractivity contribution < 1.29 is 9.59 Å². The topological polar surface area (TPSA) is 96.0 Å². The SMILES string of the molecule is CCC(C)C(NC(=O)Nc1ccccc1)C(=O)Nc1nnc(-c2cccc(Br)c2)s1. The molecule has 0 bridgehead atoms. The fraction of sp³-hybridized carbons (Fsp3) is 0.238. The van der Waals surface area contributed by atoms with Crippen LogP contribution in [0.1, 0.15) is 20.3 Å². The van der Waals surface area contributed by atoms with Gasteiger partial charge in [0.25, 0.3) is 0 Å². The van der Waals surface area contributed by atoms with Crippen molar-refractivity contribution in [3.8, 4) is 10.6 Å². The summed E-state index contributed by atoms with van der Waals surface area (Å²) in [6.07, 6.45) is 0.725. The molecule has 1 aromatic heterocycles. The first kappa shape index (κ1) is 21.9. The van der Waals surface area contributed by atoms with Crippen molar-refractivity contribution in [3.05, 3.63) is 59.1 Å². The summed E-state index contributed by atoms with van der Waals surface area (Å²) in [6, 6.07) is 15.6. The van der Waals surface area contributed by atoms with Crippen molar-refractivity contribution in [2.75, 3.05) is 10.6 Å². The van der Waals surface area contributed by atoms with E-state index in [2.05, 4.69) is 42.1 Å². The van der Waals surface area contributed by atoms with Gasteiger partial charge in [-0.3, -0.25) is 10.1 Å². The summed E-state index contributed by atoms with van der Waals surface area (Å²) in [5.41, 5.74) is 1.56. The van der Waals surface area contributed by atoms with E-state index in [1.807, 2.05) is 56.3 Å². The molecule has 0 aliphatic rings. The Morgan fingerprint density at radius 1 is 1.07 bits per heavy atom. The van der Waals surface area contributed by atoms with E-state index >= 15 is 0 Å². The van der Waals surface area contributed by atoms with Gasteiger partial charge in [0, 0.05) is 15.7 Å². The van der Waals surface area contributed by atoms with E-state index in [0.717, 1.165) is 16.5 Å². The monoisotopic (exact) mass is 487 g/mol. The summed E-state index contributed by atoms with van der Waals surface area (Å²) in [7, 11) is 0. The van der Waals surface area contributed by atoms with E-state index in [1.165, 1.54) is 11.3 Å². The maximum Gasteiger partial charge on any atom is 0.319 e. The fourth-order valence-corrected chi connectivity index (χ4v) is 3.87. The highest BCUT2D eigenvalue weighted by Gasteiger charge is 2.27. The average Bonchev–Trinajstić information content (AvgIpc) is 3.20. The normalized spacial score (nSPS) is 12.6. The minimum absolute atomic E-state index is 0.0657. The molecular formula is C21H22BrN5O2S. The van der Waals surface area contributed by atoms with Crippen LogP contribution >= 0.6 is 27.3 Å². The van der Waals surface area contributed by atoms with Gasteiger partial charge in [-0.1, -0.05) is 77.9 Å². The van der Waals surface area contributed by atoms with E-state index in [0.29, 0.717) is 15.8 Å². The average molecular weight is 488 g/mol. The van der Waals surface area contributed by atoms with Gasteiger partial charge in [0.05, 0.1) is 0 Å². The van der Waals surface area contributed by atoms with Crippen LogP contribution in [0.15, 0.2) is 59.1 Å². The van der Waals surface area contributed by atoms with Gasteiger partial charge >= 0.3 is 6.03 Å². The van der Waals surface area contributed by atoms with Crippen LogP contribution in [0.5, 0.6) is 0 Å². The summed E-state index contributed by atoms with van der Waals surface area (Å²) in [5.74, 6) is -0.395. The molecule has 0 fully saturated rings. The number of carbonyl (C=O) groups excluding carboxylic acids is 2. The van der Waals surface area contributed by atoms with Crippen LogP contribution in [-0.4, -0.2) is 28.2 Å². The third-order valence-electron chi connectivity index (χ3n) is 4.54. The predicted molar refractivity (Wildman–Crippen MR) is 124 cm³/mol. The van der Waals surface area contributed by atoms with Crippen molar-refractivity contribution in [1.82, 2.24) is 15.5 Å². The Labute approximate surface area is 187 Å². The van der Waals surface area contributed by atoms with Crippen molar-refractivity contribution in [2.45, 2.75) is 26.3 Å². The molecule has 2 atom stereocenters. The van der Waals surface area contributed by atoms with Crippen molar-refractivity contribution in [2.24, 2.45) is 5.92 Å². The van der Waals surface area contributed by atoms with Gasteiger partial charge in [-0.25, -0.2) is 4.79 Å². The summed E-state index contributed by atoms with van der Waals surface area (Å²) in [5, 5.41) is 17.6. The van der Waals surface area contributed by atoms with E-state index in [4.69, 9.17) is 0 Å². The molecular weight excluding hydrogens is 466 g/mol. The second-order valence-corrected chi connectivity index (χ2v) is 8.63. The number of nitrogens with one attached hydrogen (secondary N) is 3. The Morgan fingerprint density at radius 2 is 1.83 bits per heavy atom. The van der Waals surface area contributed by atoms with E-state index < -0.39 is 12.1 Å². The predicted octanol–water partition coefficient (Wildman–Crippen LogP) is 5.14. The largest absolute Gasteiger partial charge is 0.326 e. The molecule has 0 saturated heterocycles. The Bertz CT molecular complexity index is 1010. The van der Waals surface area contributed by atoms with Crippen molar-refractivity contribution in [1.29, 1.82) is 0 Å². The molecule has 0 aliphatic carbocycles. The van der Waals surface area contributed by atoms with Crippen LogP contribution in [0.25, 0.3) is 10.6 Å². The zero-order valence-electron chi connectivity index (χ0n) is 16.6. The number of urea groups is 1. The fourth-order valence-electron chi connectivity index (χ4n) is 2.73. The number of benzene rings is 2. The third-order valence-corrected chi connectivity index (χ3v) is 5.92. The Morgan fingerprint density at radius 3 is 2.53 bits per heavy atom. The Balaban J connectivity index is 1.67. The minimum atomic E-state index is -0.711. The highest BCUT2D eigenvalue weighted by atomic mass is 79.9. The van der Waals surface area contributed by atoms with Gasteiger partial charge in [-0.05, 0) is 30.2 Å². The molecule has 0 spiro atoms. The standard InChI is InChI=1S/C21H22BrN5O2S/c1-3-13(2)17(24-20(29)23-16-10-5-4-6-11-16)18(28)25-21-27-26-19(30-21)14-8-7-9-15(22)12-14/h4-13,17H,3H2,1-2H3,(H2,23,24,29)(H,25,27,28). The maximum atomic E-state index is 12.9. The first-order valence-electron chi connectivity index (χ1n) is 9.49. The number of aromatic nitrogens is 2. The summed E-state index contributed by atoms with van der Waals surface area (Å²) in [4.78, 5) is 25.3. The number of nitrogens with zero attached hydrogens (tertiary/aromatic N) is 2. The molecule has 3 aromatic rings. The van der Waals surface area contributed by atoms with Crippen LogP contribution in [0, 0.1) is 5.92 Å². The van der Waals surface area contributed by atoms with Gasteiger partial charge in [0.15, 0.2) is 0 Å². The zero-order valence-corrected chi connectivity index (χ0v) is 19.0. The molecule has 2 unspecified atom stereocenters. The van der Waals surface area contributed by atoms with Crippen LogP contribution in [0.3, 0.4) is 0 Å². The summed E-state index contributed by atoms with van der Waals surface area (Å²) < 4.78 is 0.936. The lowest BCUT2D eigenvalue weighted by Crippen LogP contribution is -2.49. The lowest BCUT2D eigenvalue weighted by molar-refractivity contribution is -0.119. The molecule has 0 saturated carbocycles. The van der Waals surface area contributed by atoms with E-state index in [1.54, 1.807) is 12.1 Å². The van der Waals surface area contributed by atoms with Gasteiger partial charge < -0.3 is 10.6 Å². The smallest absolute Gasteiger partial charge is 0.319 e. The lowest BCUT2D eigenvalue weighted by Gasteiger charge is -2.23. The summed E-state index contributed by atoms with van der Waals surface area (Å²) >= 11 is 4.71. The lowest BCUT2D eigenvalue weighted by atomic mass is 9.98. The number of para-hydroxylation sites is 1. The Hall–Kier alpha value is -2.78. The van der Waals surface area contributed by atoms with Crippen LogP contribution in [-0.2, 0) is 4.79 Å². The Kier molecular flexibility index (Phi) is 7.53. The number of hydrogen-bond acceptors (Lipinski definition) is 5. The molecule has 3 rings (SSSR count). The number of rotatable bonds is 7. The number of hydrogen-bond donors (Lipinski definition) is 3. The molecule has 30 heavy (non-hydrogen) atoms. The number of amides is 3. The van der Waals surface area contributed by atoms with Crippen molar-refractivity contribution >= 4 is 50.0 Å². The molecule has 0 radical (unpaired) electrons. The molecule has 3 amide bonds. The summed E-state index contributed by atoms with van der Waals surface area (Å²) in [6.45, 7) is 3.89. The molecule has 7 nitrogen and oxygen atoms in total.